The van der Waals surface area contributed by atoms with Gasteiger partial charge in [-0.2, -0.15) is 0 Å². The Bertz CT molecular complexity index is 441. The van der Waals surface area contributed by atoms with Crippen molar-refractivity contribution in [2.45, 2.75) is 66.1 Å². The molecule has 2 heterocycles. The fourth-order valence-electron chi connectivity index (χ4n) is 2.10. The Hall–Kier alpha value is -0.0156. The Labute approximate surface area is 123 Å². The van der Waals surface area contributed by atoms with Crippen LogP contribution in [0, 0.1) is 5.41 Å². The zero-order valence-corrected chi connectivity index (χ0v) is 14.9. The summed E-state index contributed by atoms with van der Waals surface area (Å²) in [6.45, 7) is 15.3. The molecule has 1 saturated heterocycles. The number of hydrogen-bond acceptors (Lipinski definition) is 2. The second-order valence-electron chi connectivity index (χ2n) is 7.63. The van der Waals surface area contributed by atoms with E-state index in [0.717, 1.165) is 6.42 Å². The average molecular weight is 327 g/mol. The van der Waals surface area contributed by atoms with E-state index in [0.29, 0.717) is 19.9 Å². The van der Waals surface area contributed by atoms with Gasteiger partial charge in [-0.15, -0.1) is 0 Å². The molecular weight excluding hydrogens is 302 g/mol. The number of rotatable bonds is 2. The molecule has 19 heavy (non-hydrogen) atoms. The van der Waals surface area contributed by atoms with Crippen LogP contribution in [-0.4, -0.2) is 32.8 Å². The summed E-state index contributed by atoms with van der Waals surface area (Å²) in [5.41, 5.74) is -0.116. The van der Waals surface area contributed by atoms with Crippen molar-refractivity contribution in [3.63, 3.8) is 0 Å². The van der Waals surface area contributed by atoms with Gasteiger partial charge in [0.2, 0.25) is 0 Å². The Morgan fingerprint density at radius 1 is 1.05 bits per heavy atom. The molecule has 0 aromatic carbocycles. The molecule has 1 aromatic heterocycles. The van der Waals surface area contributed by atoms with Crippen LogP contribution in [0.25, 0.3) is 0 Å². The van der Waals surface area contributed by atoms with Crippen molar-refractivity contribution < 1.29 is 9.31 Å². The summed E-state index contributed by atoms with van der Waals surface area (Å²) >= 11 is 0.383. The van der Waals surface area contributed by atoms with Crippen LogP contribution in [0.5, 0.6) is 0 Å². The first-order chi connectivity index (χ1) is 8.50. The molecule has 0 bridgehead atoms. The second kappa shape index (κ2) is 4.77. The SMILES string of the molecule is CC(C)(C)Cc1ccc(B2OC(C)(C)C(C)(C)O2)[se]1. The summed E-state index contributed by atoms with van der Waals surface area (Å²) in [6, 6.07) is 4.48. The van der Waals surface area contributed by atoms with E-state index in [1.54, 1.807) is 4.44 Å². The topological polar surface area (TPSA) is 18.5 Å². The van der Waals surface area contributed by atoms with E-state index in [4.69, 9.17) is 9.31 Å². The third-order valence-electron chi connectivity index (χ3n) is 3.87. The number of hydrogen-bond donors (Lipinski definition) is 0. The first-order valence-corrected chi connectivity index (χ1v) is 8.66. The molecule has 0 unspecified atom stereocenters. The minimum absolute atomic E-state index is 0.154. The molecule has 2 nitrogen and oxygen atoms in total. The first kappa shape index (κ1) is 15.4. The van der Waals surface area contributed by atoms with Crippen molar-refractivity contribution in [1.82, 2.24) is 0 Å². The molecule has 0 amide bonds. The zero-order valence-electron chi connectivity index (χ0n) is 13.2. The van der Waals surface area contributed by atoms with Gasteiger partial charge in [0.15, 0.2) is 0 Å². The fourth-order valence-corrected chi connectivity index (χ4v) is 4.77. The van der Waals surface area contributed by atoms with Crippen molar-refractivity contribution in [2.75, 3.05) is 0 Å². The molecule has 0 atom stereocenters. The van der Waals surface area contributed by atoms with Crippen molar-refractivity contribution in [2.24, 2.45) is 5.41 Å². The van der Waals surface area contributed by atoms with Crippen molar-refractivity contribution >= 4 is 26.0 Å². The Morgan fingerprint density at radius 3 is 2.05 bits per heavy atom. The van der Waals surface area contributed by atoms with Gasteiger partial charge in [-0.3, -0.25) is 0 Å². The predicted octanol–water partition coefficient (Wildman–Crippen LogP) is 2.63. The van der Waals surface area contributed by atoms with Gasteiger partial charge in [0.1, 0.15) is 0 Å². The van der Waals surface area contributed by atoms with E-state index in [-0.39, 0.29) is 18.3 Å². The van der Waals surface area contributed by atoms with Gasteiger partial charge < -0.3 is 0 Å². The summed E-state index contributed by atoms with van der Waals surface area (Å²) in [7, 11) is -0.154. The van der Waals surface area contributed by atoms with E-state index in [1.807, 2.05) is 0 Å². The Morgan fingerprint density at radius 2 is 1.58 bits per heavy atom. The monoisotopic (exact) mass is 328 g/mol. The van der Waals surface area contributed by atoms with Crippen LogP contribution in [0.3, 0.4) is 0 Å². The van der Waals surface area contributed by atoms with Crippen molar-refractivity contribution in [1.29, 1.82) is 0 Å². The molecule has 0 N–H and O–H groups in total. The predicted molar refractivity (Wildman–Crippen MR) is 82.3 cm³/mol. The van der Waals surface area contributed by atoms with Gasteiger partial charge in [0, 0.05) is 0 Å². The summed E-state index contributed by atoms with van der Waals surface area (Å²) in [6.07, 6.45) is 1.16. The van der Waals surface area contributed by atoms with E-state index in [9.17, 15) is 0 Å². The van der Waals surface area contributed by atoms with Crippen LogP contribution in [0.4, 0.5) is 0 Å². The summed E-state index contributed by atoms with van der Waals surface area (Å²) in [5, 5.41) is 0. The molecule has 1 fully saturated rings. The van der Waals surface area contributed by atoms with E-state index < -0.39 is 0 Å². The molecule has 1 aromatic rings. The molecule has 0 radical (unpaired) electrons. The molecule has 0 aliphatic carbocycles. The van der Waals surface area contributed by atoms with Crippen molar-refractivity contribution in [3.05, 3.63) is 16.6 Å². The normalized spacial score (nSPS) is 21.9. The minimum atomic E-state index is -0.235. The third-order valence-corrected chi connectivity index (χ3v) is 6.19. The van der Waals surface area contributed by atoms with E-state index >= 15 is 0 Å². The van der Waals surface area contributed by atoms with Gasteiger partial charge in [-0.25, -0.2) is 0 Å². The quantitative estimate of drug-likeness (QED) is 0.778. The molecule has 2 rings (SSSR count). The second-order valence-corrected chi connectivity index (χ2v) is 10.1. The van der Waals surface area contributed by atoms with Gasteiger partial charge in [-0.05, 0) is 0 Å². The maximum absolute atomic E-state index is 6.12. The van der Waals surface area contributed by atoms with Crippen LogP contribution in [0.15, 0.2) is 12.1 Å². The maximum atomic E-state index is 6.12. The molecule has 1 aliphatic rings. The van der Waals surface area contributed by atoms with Gasteiger partial charge in [0.25, 0.3) is 0 Å². The van der Waals surface area contributed by atoms with E-state index in [2.05, 4.69) is 60.6 Å². The molecule has 106 valence electrons. The van der Waals surface area contributed by atoms with Gasteiger partial charge >= 0.3 is 123 Å². The summed E-state index contributed by atoms with van der Waals surface area (Å²) < 4.78 is 15.1. The van der Waals surface area contributed by atoms with Crippen LogP contribution in [0.1, 0.15) is 52.9 Å². The molecule has 0 saturated carbocycles. The summed E-state index contributed by atoms with van der Waals surface area (Å²) in [4.78, 5) is 0. The van der Waals surface area contributed by atoms with Gasteiger partial charge in [-0.1, -0.05) is 0 Å². The van der Waals surface area contributed by atoms with Crippen molar-refractivity contribution in [3.8, 4) is 0 Å². The molecule has 0 spiro atoms. The van der Waals surface area contributed by atoms with Gasteiger partial charge in [0.05, 0.1) is 0 Å². The third kappa shape index (κ3) is 3.36. The first-order valence-electron chi connectivity index (χ1n) is 6.94. The van der Waals surface area contributed by atoms with Crippen LogP contribution in [-0.2, 0) is 15.7 Å². The summed E-state index contributed by atoms with van der Waals surface area (Å²) in [5.74, 6) is 0. The van der Waals surface area contributed by atoms with Crippen LogP contribution < -0.4 is 4.34 Å². The molecular formula is C15H25BO2Se. The fraction of sp³-hybridized carbons (Fsp3) is 0.733. The van der Waals surface area contributed by atoms with Crippen LogP contribution in [0.2, 0.25) is 0 Å². The Kier molecular flexibility index (Phi) is 3.86. The standard InChI is InChI=1S/C15H25BO2Se/c1-13(2,3)10-11-8-9-12(19-11)16-17-14(4,5)15(6,7)18-16/h8-9H,10H2,1-7H3. The van der Waals surface area contributed by atoms with Crippen LogP contribution >= 0.6 is 0 Å². The molecule has 4 heteroatoms. The Balaban J connectivity index is 2.13. The van der Waals surface area contributed by atoms with E-state index in [1.165, 1.54) is 4.34 Å². The zero-order chi connectivity index (χ0) is 14.5. The molecule has 1 aliphatic heterocycles. The average Bonchev–Trinajstić information content (AvgIpc) is 2.68.